The van der Waals surface area contributed by atoms with Crippen molar-refractivity contribution in [1.29, 1.82) is 0 Å². The molecule has 1 atom stereocenters. The number of benzene rings is 3. The van der Waals surface area contributed by atoms with Gasteiger partial charge in [-0.3, -0.25) is 19.9 Å². The third kappa shape index (κ3) is 7.98. The second kappa shape index (κ2) is 13.5. The summed E-state index contributed by atoms with van der Waals surface area (Å²) in [6.07, 6.45) is 7.65. The van der Waals surface area contributed by atoms with Gasteiger partial charge in [0.15, 0.2) is 5.78 Å². The Bertz CT molecular complexity index is 1310. The van der Waals surface area contributed by atoms with Crippen LogP contribution >= 0.6 is 0 Å². The smallest absolute Gasteiger partial charge is 0.252 e. The van der Waals surface area contributed by atoms with Crippen LogP contribution in [0.4, 0.5) is 0 Å². The summed E-state index contributed by atoms with van der Waals surface area (Å²) in [4.78, 5) is 30.5. The number of nitrogens with zero attached hydrogens (tertiary/aromatic N) is 1. The van der Waals surface area contributed by atoms with Crippen LogP contribution in [0.25, 0.3) is 12.2 Å². The fourth-order valence-corrected chi connectivity index (χ4v) is 3.79. The second-order valence-corrected chi connectivity index (χ2v) is 8.41. The number of aromatic nitrogens is 1. The topological polar surface area (TPSA) is 80.3 Å². The standard InChI is InChI=1S/C31H29N3O3/c35-30(22-33-23-37-27-12-5-2-6-13-27)29(21-25-9-3-1-4-10-25)34-31(36)28-14-8-7-11-26(28)16-15-24-17-19-32-20-18-24/h1-20,29,33H,21-23H2,(H,34,36)/b16-15+/t29-/m0/s1. The number of rotatable bonds is 12. The zero-order valence-corrected chi connectivity index (χ0v) is 20.4. The van der Waals surface area contributed by atoms with Crippen LogP contribution in [0.15, 0.2) is 109 Å². The minimum absolute atomic E-state index is 0.0637. The molecule has 1 amide bonds. The lowest BCUT2D eigenvalue weighted by atomic mass is 10.0. The Morgan fingerprint density at radius 1 is 0.811 bits per heavy atom. The third-order valence-electron chi connectivity index (χ3n) is 5.73. The summed E-state index contributed by atoms with van der Waals surface area (Å²) in [7, 11) is 0. The third-order valence-corrected chi connectivity index (χ3v) is 5.73. The summed E-state index contributed by atoms with van der Waals surface area (Å²) in [6.45, 7) is 0.249. The van der Waals surface area contributed by atoms with Crippen molar-refractivity contribution < 1.29 is 14.3 Å². The fourth-order valence-electron chi connectivity index (χ4n) is 3.79. The van der Waals surface area contributed by atoms with Crippen LogP contribution < -0.4 is 15.4 Å². The lowest BCUT2D eigenvalue weighted by Crippen LogP contribution is -2.46. The number of carbonyl (C=O) groups is 2. The van der Waals surface area contributed by atoms with Gasteiger partial charge < -0.3 is 10.1 Å². The molecule has 0 spiro atoms. The number of nitrogens with one attached hydrogen (secondary N) is 2. The van der Waals surface area contributed by atoms with Crippen molar-refractivity contribution in [2.75, 3.05) is 13.3 Å². The lowest BCUT2D eigenvalue weighted by Gasteiger charge is -2.19. The van der Waals surface area contributed by atoms with E-state index in [0.29, 0.717) is 17.7 Å². The lowest BCUT2D eigenvalue weighted by molar-refractivity contribution is -0.120. The summed E-state index contributed by atoms with van der Waals surface area (Å²) >= 11 is 0. The number of hydrogen-bond donors (Lipinski definition) is 2. The van der Waals surface area contributed by atoms with Gasteiger partial charge in [0.1, 0.15) is 12.5 Å². The molecule has 1 aromatic heterocycles. The van der Waals surface area contributed by atoms with Crippen LogP contribution in [-0.4, -0.2) is 36.0 Å². The highest BCUT2D eigenvalue weighted by molar-refractivity contribution is 6.01. The molecule has 1 heterocycles. The quantitative estimate of drug-likeness (QED) is 0.220. The molecule has 0 saturated carbocycles. The monoisotopic (exact) mass is 491 g/mol. The molecule has 0 bridgehead atoms. The number of carbonyl (C=O) groups excluding carboxylic acids is 2. The van der Waals surface area contributed by atoms with Gasteiger partial charge in [-0.05, 0) is 53.4 Å². The van der Waals surface area contributed by atoms with Crippen LogP contribution in [0.3, 0.4) is 0 Å². The highest BCUT2D eigenvalue weighted by Crippen LogP contribution is 2.14. The zero-order valence-electron chi connectivity index (χ0n) is 20.4. The first-order chi connectivity index (χ1) is 18.2. The summed E-state index contributed by atoms with van der Waals surface area (Å²) in [5, 5.41) is 5.99. The van der Waals surface area contributed by atoms with E-state index in [9.17, 15) is 9.59 Å². The molecule has 6 nitrogen and oxygen atoms in total. The molecule has 0 radical (unpaired) electrons. The molecule has 37 heavy (non-hydrogen) atoms. The molecule has 3 aromatic carbocycles. The predicted molar refractivity (Wildman–Crippen MR) is 146 cm³/mol. The van der Waals surface area contributed by atoms with Gasteiger partial charge in [-0.1, -0.05) is 78.9 Å². The molecular weight excluding hydrogens is 462 g/mol. The average molecular weight is 492 g/mol. The van der Waals surface area contributed by atoms with E-state index in [-0.39, 0.29) is 25.0 Å². The zero-order chi connectivity index (χ0) is 25.7. The number of pyridine rings is 1. The number of ether oxygens (including phenoxy) is 1. The Labute approximate surface area is 217 Å². The average Bonchev–Trinajstić information content (AvgIpc) is 2.95. The van der Waals surface area contributed by atoms with E-state index in [4.69, 9.17) is 4.74 Å². The number of para-hydroxylation sites is 1. The number of amides is 1. The van der Waals surface area contributed by atoms with Crippen LogP contribution in [0.1, 0.15) is 27.0 Å². The molecule has 0 fully saturated rings. The summed E-state index contributed by atoms with van der Waals surface area (Å²) in [5.74, 6) is 0.288. The Morgan fingerprint density at radius 2 is 1.49 bits per heavy atom. The van der Waals surface area contributed by atoms with Crippen LogP contribution in [0.5, 0.6) is 5.75 Å². The molecule has 4 rings (SSSR count). The molecule has 0 unspecified atom stereocenters. The number of ketones is 1. The van der Waals surface area contributed by atoms with Crippen molar-refractivity contribution in [3.8, 4) is 5.75 Å². The summed E-state index contributed by atoms with van der Waals surface area (Å²) in [6, 6.07) is 29.5. The maximum atomic E-state index is 13.3. The van der Waals surface area contributed by atoms with Crippen molar-refractivity contribution in [3.05, 3.63) is 132 Å². The molecule has 0 aliphatic rings. The first kappa shape index (κ1) is 25.5. The number of hydrogen-bond acceptors (Lipinski definition) is 5. The van der Waals surface area contributed by atoms with Crippen molar-refractivity contribution in [3.63, 3.8) is 0 Å². The van der Waals surface area contributed by atoms with E-state index in [0.717, 1.165) is 16.7 Å². The largest absolute Gasteiger partial charge is 0.478 e. The number of Topliss-reactive ketones (excluding diaryl/α,β-unsaturated/α-hetero) is 1. The Morgan fingerprint density at radius 3 is 2.24 bits per heavy atom. The van der Waals surface area contributed by atoms with Crippen LogP contribution in [0, 0.1) is 0 Å². The van der Waals surface area contributed by atoms with E-state index in [1.54, 1.807) is 18.5 Å². The summed E-state index contributed by atoms with van der Waals surface area (Å²) in [5.41, 5.74) is 3.20. The highest BCUT2D eigenvalue weighted by Gasteiger charge is 2.22. The maximum Gasteiger partial charge on any atom is 0.252 e. The van der Waals surface area contributed by atoms with Crippen LogP contribution in [0.2, 0.25) is 0 Å². The van der Waals surface area contributed by atoms with Crippen molar-refractivity contribution in [2.24, 2.45) is 0 Å². The minimum Gasteiger partial charge on any atom is -0.478 e. The molecule has 6 heteroatoms. The van der Waals surface area contributed by atoms with Crippen molar-refractivity contribution in [1.82, 2.24) is 15.6 Å². The minimum atomic E-state index is -0.698. The molecule has 0 aliphatic carbocycles. The Kier molecular flexibility index (Phi) is 9.33. The normalized spacial score (nSPS) is 11.7. The van der Waals surface area contributed by atoms with Gasteiger partial charge in [-0.15, -0.1) is 0 Å². The van der Waals surface area contributed by atoms with Gasteiger partial charge in [0.2, 0.25) is 0 Å². The Balaban J connectivity index is 1.44. The van der Waals surface area contributed by atoms with E-state index >= 15 is 0 Å². The van der Waals surface area contributed by atoms with Crippen molar-refractivity contribution >= 4 is 23.8 Å². The molecular formula is C31H29N3O3. The van der Waals surface area contributed by atoms with Crippen LogP contribution in [-0.2, 0) is 11.2 Å². The first-order valence-electron chi connectivity index (χ1n) is 12.1. The molecule has 186 valence electrons. The predicted octanol–water partition coefficient (Wildman–Crippen LogP) is 4.79. The van der Waals surface area contributed by atoms with Gasteiger partial charge in [0, 0.05) is 18.0 Å². The molecule has 2 N–H and O–H groups in total. The molecule has 4 aromatic rings. The van der Waals surface area contributed by atoms with Gasteiger partial charge >= 0.3 is 0 Å². The highest BCUT2D eigenvalue weighted by atomic mass is 16.5. The first-order valence-corrected chi connectivity index (χ1v) is 12.1. The molecule has 0 saturated heterocycles. The maximum absolute atomic E-state index is 13.3. The Hall–Kier alpha value is -4.55. The second-order valence-electron chi connectivity index (χ2n) is 8.41. The molecule has 0 aliphatic heterocycles. The summed E-state index contributed by atoms with van der Waals surface area (Å²) < 4.78 is 5.62. The van der Waals surface area contributed by atoms with Crippen molar-refractivity contribution in [2.45, 2.75) is 12.5 Å². The van der Waals surface area contributed by atoms with Gasteiger partial charge in [-0.25, -0.2) is 0 Å². The SMILES string of the molecule is O=C(N[C@@H](Cc1ccccc1)C(=O)CNCOc1ccccc1)c1ccccc1/C=C/c1ccncc1. The van der Waals surface area contributed by atoms with E-state index < -0.39 is 6.04 Å². The van der Waals surface area contributed by atoms with Gasteiger partial charge in [0.05, 0.1) is 12.6 Å². The fraction of sp³-hybridized carbons (Fsp3) is 0.129. The van der Waals surface area contributed by atoms with E-state index in [1.165, 1.54) is 0 Å². The van der Waals surface area contributed by atoms with Gasteiger partial charge in [0.25, 0.3) is 5.91 Å². The van der Waals surface area contributed by atoms with Gasteiger partial charge in [-0.2, -0.15) is 0 Å². The van der Waals surface area contributed by atoms with E-state index in [2.05, 4.69) is 15.6 Å². The van der Waals surface area contributed by atoms with E-state index in [1.807, 2.05) is 103 Å².